The Kier molecular flexibility index (Phi) is 5.27. The molecule has 0 spiro atoms. The zero-order valence-corrected chi connectivity index (χ0v) is 14.2. The fourth-order valence-corrected chi connectivity index (χ4v) is 4.07. The number of anilines is 1. The summed E-state index contributed by atoms with van der Waals surface area (Å²) >= 11 is 3.90. The van der Waals surface area contributed by atoms with Crippen molar-refractivity contribution >= 4 is 62.3 Å². The summed E-state index contributed by atoms with van der Waals surface area (Å²) in [4.78, 5) is 32.2. The number of thioether (sulfide) groups is 2. The number of amides is 2. The van der Waals surface area contributed by atoms with Crippen LogP contribution in [0.4, 0.5) is 5.13 Å². The van der Waals surface area contributed by atoms with Gasteiger partial charge in [0.1, 0.15) is 4.38 Å². The molecule has 0 fully saturated rings. The van der Waals surface area contributed by atoms with Crippen LogP contribution in [0, 0.1) is 0 Å². The van der Waals surface area contributed by atoms with Gasteiger partial charge < -0.3 is 5.32 Å². The highest BCUT2D eigenvalue weighted by atomic mass is 32.2. The third kappa shape index (κ3) is 4.54. The minimum Gasteiger partial charge on any atom is -0.301 e. The van der Waals surface area contributed by atoms with Crippen LogP contribution < -0.4 is 5.32 Å². The predicted molar refractivity (Wildman–Crippen MR) is 97.7 cm³/mol. The van der Waals surface area contributed by atoms with Crippen LogP contribution in [-0.4, -0.2) is 26.9 Å². The van der Waals surface area contributed by atoms with Gasteiger partial charge in [-0.15, -0.1) is 11.3 Å². The van der Waals surface area contributed by atoms with E-state index in [1.807, 2.05) is 30.3 Å². The molecule has 5 nitrogen and oxygen atoms in total. The van der Waals surface area contributed by atoms with Crippen molar-refractivity contribution in [3.63, 3.8) is 0 Å². The zero-order chi connectivity index (χ0) is 16.1. The highest BCUT2D eigenvalue weighted by Crippen LogP contribution is 2.33. The first kappa shape index (κ1) is 16.0. The second-order valence-electron chi connectivity index (χ2n) is 4.38. The third-order valence-corrected chi connectivity index (χ3v) is 5.52. The lowest BCUT2D eigenvalue weighted by atomic mass is 10.2. The molecule has 1 N–H and O–H groups in total. The molecule has 2 aromatic rings. The van der Waals surface area contributed by atoms with E-state index in [0.29, 0.717) is 14.4 Å². The lowest BCUT2D eigenvalue weighted by Crippen LogP contribution is -2.14. The summed E-state index contributed by atoms with van der Waals surface area (Å²) in [6, 6.07) is 9.59. The summed E-state index contributed by atoms with van der Waals surface area (Å²) in [5, 5.41) is 5.05. The molecule has 23 heavy (non-hydrogen) atoms. The molecular weight excluding hydrogens is 350 g/mol. The molecule has 116 valence electrons. The number of carbonyl (C=O) groups is 2. The monoisotopic (exact) mass is 361 g/mol. The number of rotatable bonds is 4. The Morgan fingerprint density at radius 2 is 2.13 bits per heavy atom. The van der Waals surface area contributed by atoms with Crippen LogP contribution in [0.5, 0.6) is 0 Å². The average Bonchev–Trinajstić information content (AvgIpc) is 3.17. The summed E-state index contributed by atoms with van der Waals surface area (Å²) in [6.07, 6.45) is 3.43. The van der Waals surface area contributed by atoms with Gasteiger partial charge in [-0.05, 0) is 11.6 Å². The maximum absolute atomic E-state index is 11.9. The summed E-state index contributed by atoms with van der Waals surface area (Å²) in [5.41, 5.74) is 0.950. The molecule has 1 aliphatic heterocycles. The number of nitrogens with one attached hydrogen (secondary N) is 1. The van der Waals surface area contributed by atoms with Crippen LogP contribution in [0.15, 0.2) is 51.8 Å². The number of benzene rings is 1. The van der Waals surface area contributed by atoms with Crippen LogP contribution in [-0.2, 0) is 9.59 Å². The predicted octanol–water partition coefficient (Wildman–Crippen LogP) is 3.49. The molecule has 0 saturated carbocycles. The molecule has 0 radical (unpaired) electrons. The quantitative estimate of drug-likeness (QED) is 0.844. The van der Waals surface area contributed by atoms with Crippen LogP contribution >= 0.6 is 34.9 Å². The molecule has 0 aliphatic carbocycles. The van der Waals surface area contributed by atoms with E-state index in [2.05, 4.69) is 15.3 Å². The van der Waals surface area contributed by atoms with Crippen molar-refractivity contribution in [2.24, 2.45) is 4.99 Å². The van der Waals surface area contributed by atoms with Gasteiger partial charge in [-0.1, -0.05) is 53.9 Å². The van der Waals surface area contributed by atoms with Crippen molar-refractivity contribution in [2.45, 2.75) is 0 Å². The van der Waals surface area contributed by atoms with E-state index in [0.717, 1.165) is 5.56 Å². The Labute approximate surface area is 145 Å². The van der Waals surface area contributed by atoms with Crippen molar-refractivity contribution < 1.29 is 9.59 Å². The van der Waals surface area contributed by atoms with E-state index in [1.165, 1.54) is 34.9 Å². The van der Waals surface area contributed by atoms with Crippen LogP contribution in [0.3, 0.4) is 0 Å². The molecule has 1 aliphatic rings. The largest absolute Gasteiger partial charge is 0.301 e. The molecule has 0 atom stereocenters. The number of hydrogen-bond acceptors (Lipinski definition) is 6. The van der Waals surface area contributed by atoms with Gasteiger partial charge >= 0.3 is 0 Å². The lowest BCUT2D eigenvalue weighted by Gasteiger charge is -2.00. The van der Waals surface area contributed by atoms with E-state index < -0.39 is 0 Å². The topological polar surface area (TPSA) is 71.4 Å². The SMILES string of the molecule is O=C(CSC1=NC(=O)C(=Cc2ccccc2)S1)Nc1nccs1. The summed E-state index contributed by atoms with van der Waals surface area (Å²) < 4.78 is 0.589. The number of carbonyl (C=O) groups excluding carboxylic acids is 2. The van der Waals surface area contributed by atoms with Gasteiger partial charge in [0.15, 0.2) is 5.13 Å². The van der Waals surface area contributed by atoms with Crippen molar-refractivity contribution in [1.82, 2.24) is 4.98 Å². The molecule has 8 heteroatoms. The Bertz CT molecular complexity index is 771. The number of nitrogens with zero attached hydrogens (tertiary/aromatic N) is 2. The maximum atomic E-state index is 11.9. The summed E-state index contributed by atoms with van der Waals surface area (Å²) in [6.45, 7) is 0. The van der Waals surface area contributed by atoms with Crippen molar-refractivity contribution in [1.29, 1.82) is 0 Å². The molecule has 0 bridgehead atoms. The van der Waals surface area contributed by atoms with Gasteiger partial charge in [-0.25, -0.2) is 4.98 Å². The minimum atomic E-state index is -0.262. The molecule has 2 amide bonds. The lowest BCUT2D eigenvalue weighted by molar-refractivity contribution is -0.114. The van der Waals surface area contributed by atoms with E-state index in [1.54, 1.807) is 17.7 Å². The molecule has 1 aromatic carbocycles. The third-order valence-electron chi connectivity index (χ3n) is 2.70. The van der Waals surface area contributed by atoms with Crippen molar-refractivity contribution in [2.75, 3.05) is 11.1 Å². The minimum absolute atomic E-state index is 0.166. The molecule has 2 heterocycles. The standard InChI is InChI=1S/C15H11N3O2S3/c19-12(17-14-16-6-7-21-14)9-22-15-18-13(20)11(23-15)8-10-4-2-1-3-5-10/h1-8H,9H2,(H,16,17,19). The zero-order valence-electron chi connectivity index (χ0n) is 11.8. The van der Waals surface area contributed by atoms with Gasteiger partial charge in [-0.2, -0.15) is 4.99 Å². The Hall–Kier alpha value is -1.90. The number of thiazole rings is 1. The van der Waals surface area contributed by atoms with Crippen LogP contribution in [0.1, 0.15) is 5.56 Å². The molecular formula is C15H11N3O2S3. The maximum Gasteiger partial charge on any atom is 0.285 e. The number of hydrogen-bond donors (Lipinski definition) is 1. The summed E-state index contributed by atoms with van der Waals surface area (Å²) in [7, 11) is 0. The summed E-state index contributed by atoms with van der Waals surface area (Å²) in [5.74, 6) is -0.236. The van der Waals surface area contributed by atoms with Crippen LogP contribution in [0.2, 0.25) is 0 Å². The van der Waals surface area contributed by atoms with Gasteiger partial charge in [0.2, 0.25) is 5.91 Å². The molecule has 0 unspecified atom stereocenters. The smallest absolute Gasteiger partial charge is 0.285 e. The fraction of sp³-hybridized carbons (Fsp3) is 0.0667. The van der Waals surface area contributed by atoms with Gasteiger partial charge in [-0.3, -0.25) is 9.59 Å². The molecule has 1 aromatic heterocycles. The van der Waals surface area contributed by atoms with Gasteiger partial charge in [0.25, 0.3) is 5.91 Å². The molecule has 3 rings (SSSR count). The normalized spacial score (nSPS) is 15.7. The van der Waals surface area contributed by atoms with E-state index in [9.17, 15) is 9.59 Å². The van der Waals surface area contributed by atoms with E-state index >= 15 is 0 Å². The van der Waals surface area contributed by atoms with Crippen molar-refractivity contribution in [3.8, 4) is 0 Å². The second-order valence-corrected chi connectivity index (χ2v) is 7.53. The fourth-order valence-electron chi connectivity index (χ4n) is 1.72. The van der Waals surface area contributed by atoms with Gasteiger partial charge in [0, 0.05) is 11.6 Å². The van der Waals surface area contributed by atoms with Crippen LogP contribution in [0.25, 0.3) is 6.08 Å². The van der Waals surface area contributed by atoms with Gasteiger partial charge in [0.05, 0.1) is 10.7 Å². The number of aromatic nitrogens is 1. The second kappa shape index (κ2) is 7.58. The first-order chi connectivity index (χ1) is 11.2. The van der Waals surface area contributed by atoms with E-state index in [4.69, 9.17) is 0 Å². The Morgan fingerprint density at radius 3 is 2.87 bits per heavy atom. The average molecular weight is 361 g/mol. The Balaban J connectivity index is 1.54. The highest BCUT2D eigenvalue weighted by molar-refractivity contribution is 8.41. The highest BCUT2D eigenvalue weighted by Gasteiger charge is 2.22. The first-order valence-corrected chi connectivity index (χ1v) is 9.28. The van der Waals surface area contributed by atoms with E-state index in [-0.39, 0.29) is 17.6 Å². The molecule has 0 saturated heterocycles. The number of aliphatic imine (C=N–C) groups is 1. The van der Waals surface area contributed by atoms with Crippen molar-refractivity contribution in [3.05, 3.63) is 52.4 Å². The first-order valence-electron chi connectivity index (χ1n) is 6.60. The Morgan fingerprint density at radius 1 is 1.30 bits per heavy atom.